The number of aryl methyl sites for hydroxylation is 2. The molecule has 0 fully saturated rings. The third kappa shape index (κ3) is 3.89. The van der Waals surface area contributed by atoms with E-state index < -0.39 is 10.0 Å². The second-order valence-electron chi connectivity index (χ2n) is 6.32. The van der Waals surface area contributed by atoms with E-state index in [0.717, 1.165) is 31.2 Å². The van der Waals surface area contributed by atoms with Gasteiger partial charge in [0, 0.05) is 23.1 Å². The highest BCUT2D eigenvalue weighted by Crippen LogP contribution is 2.31. The van der Waals surface area contributed by atoms with Crippen LogP contribution in [0.4, 0.5) is 0 Å². The molecule has 0 aromatic heterocycles. The van der Waals surface area contributed by atoms with E-state index in [0.29, 0.717) is 23.5 Å². The summed E-state index contributed by atoms with van der Waals surface area (Å²) in [5, 5.41) is 5.94. The maximum Gasteiger partial charge on any atom is 0.265 e. The molecule has 0 bridgehead atoms. The Morgan fingerprint density at radius 2 is 2.08 bits per heavy atom. The van der Waals surface area contributed by atoms with Crippen molar-refractivity contribution in [2.75, 3.05) is 13.1 Å². The van der Waals surface area contributed by atoms with Crippen LogP contribution < -0.4 is 4.72 Å². The van der Waals surface area contributed by atoms with E-state index in [-0.39, 0.29) is 10.9 Å². The van der Waals surface area contributed by atoms with Crippen LogP contribution in [0.25, 0.3) is 0 Å². The normalized spacial score (nSPS) is 20.2. The van der Waals surface area contributed by atoms with Gasteiger partial charge in [-0.25, -0.2) is 18.1 Å². The number of rotatable bonds is 4. The number of hydrogen-bond acceptors (Lipinski definition) is 4. The number of sulfonamides is 1. The van der Waals surface area contributed by atoms with Crippen LogP contribution in [0.15, 0.2) is 31.6 Å². The van der Waals surface area contributed by atoms with Crippen molar-refractivity contribution < 1.29 is 8.42 Å². The zero-order valence-electron chi connectivity index (χ0n) is 14.5. The number of aliphatic imine (C=N–C) groups is 1. The van der Waals surface area contributed by atoms with E-state index in [1.54, 1.807) is 11.1 Å². The largest absolute Gasteiger partial charge is 0.265 e. The van der Waals surface area contributed by atoms with Crippen molar-refractivity contribution in [3.63, 3.8) is 0 Å². The third-order valence-electron chi connectivity index (χ3n) is 4.56. The summed E-state index contributed by atoms with van der Waals surface area (Å²) in [5.41, 5.74) is 2.34. The maximum atomic E-state index is 12.9. The Morgan fingerprint density at radius 1 is 1.36 bits per heavy atom. The minimum absolute atomic E-state index is 0.257. The molecule has 1 aliphatic heterocycles. The highest BCUT2D eigenvalue weighted by molar-refractivity contribution is 9.10. The molecule has 1 aliphatic carbocycles. The first-order valence-corrected chi connectivity index (χ1v) is 10.9. The molecule has 1 atom stereocenters. The van der Waals surface area contributed by atoms with Crippen LogP contribution >= 0.6 is 15.9 Å². The summed E-state index contributed by atoms with van der Waals surface area (Å²) in [6.07, 6.45) is 5.82. The first-order valence-electron chi connectivity index (χ1n) is 8.64. The topological polar surface area (TPSA) is 74.1 Å². The zero-order valence-corrected chi connectivity index (χ0v) is 16.9. The number of halogens is 1. The fourth-order valence-corrected chi connectivity index (χ4v) is 5.30. The van der Waals surface area contributed by atoms with Gasteiger partial charge in [-0.1, -0.05) is 6.92 Å². The van der Waals surface area contributed by atoms with E-state index in [1.807, 2.05) is 19.2 Å². The Bertz CT molecular complexity index is 820. The Labute approximate surface area is 157 Å². The molecule has 1 N–H and O–H groups in total. The minimum Gasteiger partial charge on any atom is -0.251 e. The second kappa shape index (κ2) is 7.45. The summed E-state index contributed by atoms with van der Waals surface area (Å²) < 4.78 is 29.1. The predicted octanol–water partition coefficient (Wildman–Crippen LogP) is 2.92. The van der Waals surface area contributed by atoms with Gasteiger partial charge in [-0.2, -0.15) is 5.10 Å². The third-order valence-corrected chi connectivity index (χ3v) is 6.85. The summed E-state index contributed by atoms with van der Waals surface area (Å²) in [6, 6.07) is 3.70. The summed E-state index contributed by atoms with van der Waals surface area (Å²) >= 11 is 3.42. The summed E-state index contributed by atoms with van der Waals surface area (Å²) in [4.78, 5) is 4.57. The molecule has 3 rings (SSSR count). The Morgan fingerprint density at radius 3 is 2.72 bits per heavy atom. The quantitative estimate of drug-likeness (QED) is 0.593. The molecule has 0 radical (unpaired) electrons. The van der Waals surface area contributed by atoms with Gasteiger partial charge in [-0.05, 0) is 71.8 Å². The van der Waals surface area contributed by atoms with Gasteiger partial charge in [-0.3, -0.25) is 4.99 Å². The predicted molar refractivity (Wildman–Crippen MR) is 103 cm³/mol. The monoisotopic (exact) mass is 426 g/mol. The molecule has 8 heteroatoms. The molecule has 0 amide bonds. The molecule has 136 valence electrons. The van der Waals surface area contributed by atoms with Gasteiger partial charge < -0.3 is 0 Å². The van der Waals surface area contributed by atoms with Crippen molar-refractivity contribution in [1.82, 2.24) is 9.73 Å². The van der Waals surface area contributed by atoms with Gasteiger partial charge in [0.1, 0.15) is 4.90 Å². The number of hydrazone groups is 1. The first-order chi connectivity index (χ1) is 11.9. The molecule has 0 saturated heterocycles. The SMILES string of the molecule is CCN=C(NS(=O)(=O)c1cc2c(cc1Br)CCC2)N1CC(CC)C=N1. The molecule has 0 spiro atoms. The standard InChI is InChI=1S/C17H23BrN4O2S/c1-3-12-10-20-22(11-12)17(19-4-2)21-25(23,24)16-9-14-7-5-6-13(14)8-15(16)18/h8-10,12H,3-7,11H2,1-2H3,(H,19,21). The smallest absolute Gasteiger partial charge is 0.251 e. The molecule has 1 heterocycles. The van der Waals surface area contributed by atoms with Crippen molar-refractivity contribution in [2.24, 2.45) is 16.0 Å². The maximum absolute atomic E-state index is 12.9. The molecule has 25 heavy (non-hydrogen) atoms. The van der Waals surface area contributed by atoms with E-state index in [9.17, 15) is 8.42 Å². The molecule has 1 unspecified atom stereocenters. The summed E-state index contributed by atoms with van der Waals surface area (Å²) in [5.74, 6) is 0.598. The Hall–Kier alpha value is -1.41. The van der Waals surface area contributed by atoms with Gasteiger partial charge in [0.2, 0.25) is 5.96 Å². The second-order valence-corrected chi connectivity index (χ2v) is 8.83. The van der Waals surface area contributed by atoms with Crippen LogP contribution in [0, 0.1) is 5.92 Å². The fraction of sp³-hybridized carbons (Fsp3) is 0.529. The number of nitrogens with one attached hydrogen (secondary N) is 1. The minimum atomic E-state index is -3.74. The van der Waals surface area contributed by atoms with E-state index in [2.05, 4.69) is 37.7 Å². The number of hydrogen-bond donors (Lipinski definition) is 1. The molecule has 0 saturated carbocycles. The molecule has 1 aromatic rings. The highest BCUT2D eigenvalue weighted by atomic mass is 79.9. The van der Waals surface area contributed by atoms with Crippen LogP contribution in [-0.2, 0) is 22.9 Å². The van der Waals surface area contributed by atoms with Crippen molar-refractivity contribution in [1.29, 1.82) is 0 Å². The average Bonchev–Trinajstić information content (AvgIpc) is 3.22. The Balaban J connectivity index is 1.87. The summed E-state index contributed by atoms with van der Waals surface area (Å²) in [7, 11) is -3.74. The van der Waals surface area contributed by atoms with Crippen LogP contribution in [-0.4, -0.2) is 38.7 Å². The summed E-state index contributed by atoms with van der Waals surface area (Å²) in [6.45, 7) is 5.08. The van der Waals surface area contributed by atoms with Gasteiger partial charge >= 0.3 is 0 Å². The number of benzene rings is 1. The fourth-order valence-electron chi connectivity index (χ4n) is 3.14. The van der Waals surface area contributed by atoms with Crippen molar-refractivity contribution >= 4 is 38.1 Å². The lowest BCUT2D eigenvalue weighted by molar-refractivity contribution is 0.429. The van der Waals surface area contributed by atoms with Crippen LogP contribution in [0.2, 0.25) is 0 Å². The molecular formula is C17H23BrN4O2S. The van der Waals surface area contributed by atoms with Crippen molar-refractivity contribution in [2.45, 2.75) is 44.4 Å². The van der Waals surface area contributed by atoms with Gasteiger partial charge in [0.25, 0.3) is 10.0 Å². The lowest BCUT2D eigenvalue weighted by Gasteiger charge is -2.20. The lowest BCUT2D eigenvalue weighted by Crippen LogP contribution is -2.41. The van der Waals surface area contributed by atoms with Gasteiger partial charge in [0.15, 0.2) is 0 Å². The van der Waals surface area contributed by atoms with Crippen LogP contribution in [0.3, 0.4) is 0 Å². The lowest BCUT2D eigenvalue weighted by atomic mass is 10.1. The highest BCUT2D eigenvalue weighted by Gasteiger charge is 2.27. The van der Waals surface area contributed by atoms with Crippen molar-refractivity contribution in [3.8, 4) is 0 Å². The zero-order chi connectivity index (χ0) is 18.0. The molecular weight excluding hydrogens is 404 g/mol. The molecule has 1 aromatic carbocycles. The van der Waals surface area contributed by atoms with Gasteiger partial charge in [0.05, 0.1) is 6.54 Å². The number of nitrogens with zero attached hydrogens (tertiary/aromatic N) is 3. The van der Waals surface area contributed by atoms with Crippen LogP contribution in [0.1, 0.15) is 37.8 Å². The van der Waals surface area contributed by atoms with Gasteiger partial charge in [-0.15, -0.1) is 0 Å². The molecule has 6 nitrogen and oxygen atoms in total. The number of fused-ring (bicyclic) bond motifs is 1. The van der Waals surface area contributed by atoms with E-state index in [4.69, 9.17) is 0 Å². The Kier molecular flexibility index (Phi) is 5.48. The molecule has 2 aliphatic rings. The van der Waals surface area contributed by atoms with Crippen LogP contribution in [0.5, 0.6) is 0 Å². The van der Waals surface area contributed by atoms with Crippen molar-refractivity contribution in [3.05, 3.63) is 27.7 Å². The average molecular weight is 427 g/mol. The van der Waals surface area contributed by atoms with E-state index in [1.165, 1.54) is 5.56 Å². The first kappa shape index (κ1) is 18.4. The number of guanidine groups is 1. The van der Waals surface area contributed by atoms with E-state index >= 15 is 0 Å².